The van der Waals surface area contributed by atoms with E-state index in [1.54, 1.807) is 26.0 Å². The average molecular weight is 1650 g/mol. The van der Waals surface area contributed by atoms with E-state index in [9.17, 15) is 69.9 Å². The molecule has 7 amide bonds. The van der Waals surface area contributed by atoms with Crippen molar-refractivity contribution in [2.24, 2.45) is 17.4 Å². The molecule has 11 unspecified atom stereocenters. The van der Waals surface area contributed by atoms with E-state index in [1.165, 1.54) is 19.2 Å². The zero-order valence-corrected chi connectivity index (χ0v) is 64.3. The summed E-state index contributed by atoms with van der Waals surface area (Å²) in [6.07, 6.45) is -18.0. The van der Waals surface area contributed by atoms with Crippen LogP contribution in [-0.2, 0) is 59.1 Å². The van der Waals surface area contributed by atoms with Gasteiger partial charge >= 0.3 is 5.97 Å². The lowest BCUT2D eigenvalue weighted by molar-refractivity contribution is -0.331. The maximum Gasteiger partial charge on any atom is 0.330 e. The average Bonchev–Trinajstić information content (AvgIpc) is 0.764. The number of fused-ring (bicyclic) bond motifs is 15. The topological polar surface area (TPSA) is 522 Å². The van der Waals surface area contributed by atoms with Gasteiger partial charge in [0.2, 0.25) is 53.4 Å². The molecule has 7 aromatic carbocycles. The molecule has 0 aliphatic carbocycles. The van der Waals surface area contributed by atoms with Crippen molar-refractivity contribution in [3.8, 4) is 68.2 Å². The van der Waals surface area contributed by atoms with Crippen LogP contribution in [0.3, 0.4) is 0 Å². The van der Waals surface area contributed by atoms with E-state index < -0.39 is 231 Å². The fourth-order valence-corrected chi connectivity index (χ4v) is 15.0. The summed E-state index contributed by atoms with van der Waals surface area (Å²) in [4.78, 5) is 118. The number of carbonyl (C=O) groups is 8. The quantitative estimate of drug-likeness (QED) is 0.0606. The first-order chi connectivity index (χ1) is 54.6. The Morgan fingerprint density at radius 1 is 0.661 bits per heavy atom. The number of nitrogens with two attached hydrogens (primary N) is 2. The largest absolute Gasteiger partial charge is 0.508 e. The molecule has 0 radical (unpaired) electrons. The number of halogens is 3. The van der Waals surface area contributed by atoms with Gasteiger partial charge in [0.05, 0.1) is 34.7 Å². The lowest BCUT2D eigenvalue weighted by Gasteiger charge is -2.48. The second kappa shape index (κ2) is 34.9. The third kappa shape index (κ3) is 18.3. The Kier molecular flexibility index (Phi) is 25.5. The molecule has 0 spiro atoms. The van der Waals surface area contributed by atoms with Crippen molar-refractivity contribution in [2.75, 3.05) is 13.6 Å². The minimum Gasteiger partial charge on any atom is -0.508 e. The third-order valence-electron chi connectivity index (χ3n) is 20.6. The minimum absolute atomic E-state index is 0.101. The van der Waals surface area contributed by atoms with E-state index in [2.05, 4.69) is 42.5 Å². The Labute approximate surface area is 671 Å². The Bertz CT molecular complexity index is 4900. The molecule has 14 rings (SSSR count). The Balaban J connectivity index is 1.04. The van der Waals surface area contributed by atoms with Gasteiger partial charge in [-0.1, -0.05) is 103 Å². The number of carbonyl (C=O) groups excluding carboxylic acids is 7. The van der Waals surface area contributed by atoms with Gasteiger partial charge in [-0.25, -0.2) is 4.79 Å². The van der Waals surface area contributed by atoms with E-state index in [4.69, 9.17) is 74.7 Å². The van der Waals surface area contributed by atoms with Crippen LogP contribution in [0.5, 0.6) is 46.0 Å². The number of aromatic hydroxyl groups is 3. The number of primary amides is 1. The fourth-order valence-electron chi connectivity index (χ4n) is 14.4. The van der Waals surface area contributed by atoms with Crippen LogP contribution in [0, 0.1) is 5.92 Å². The molecule has 36 heteroatoms. The zero-order valence-electron chi connectivity index (χ0n) is 62.1. The van der Waals surface area contributed by atoms with Crippen molar-refractivity contribution in [3.05, 3.63) is 176 Å². The standard InChI is InChI=1S/C79H85Cl3N10O23/c1-32(2)20-47(85-5)71(102)91-62-64(97)38-13-18-51(45(81)22-38)111-53-24-40-25-54(68(53)115-78-69(67(100)66(99)55(30-83)113-78)114-57-29-79(4,70(101)33(3)110-57)86-31-34-6-8-35(9-7-34)36-10-15-41(80)16-11-36)112-52-19-14-39(23-46(52)82)65(98)63-76(107)90-61(77(108)109)44-26-42(93)27-50(95)58(44)43-21-37(12-17-49(43)94)59(73(104)92-63)89-74(105)60(40)88-72(103)48(28-56(84)96)87-75(62)106/h6-19,21-27,32-33,47-48,55,57,59-67,69-70,78,85-86,93-95,97-101H,20,28-31,83H2,1-5H3,(H2,84,96)(H,87,106)(H,88,103)(H,89,105)(H,90,107)(H,91,102)(H,92,104)(H,108,109)/t33?,47-,48-,55?,57?,59?,60?,61+,62+,63-,64+,65+,66?,67?,69?,70?,78?,79?/m0/s1. The molecule has 7 aliphatic rings. The predicted molar refractivity (Wildman–Crippen MR) is 411 cm³/mol. The highest BCUT2D eigenvalue weighted by atomic mass is 35.5. The molecule has 0 saturated carbocycles. The van der Waals surface area contributed by atoms with Crippen molar-refractivity contribution < 1.29 is 113 Å². The molecule has 2 saturated heterocycles. The zero-order chi connectivity index (χ0) is 82.9. The Hall–Kier alpha value is -10.5. The predicted octanol–water partition coefficient (Wildman–Crippen LogP) is 4.22. The molecule has 7 aliphatic heterocycles. The van der Waals surface area contributed by atoms with Crippen LogP contribution in [0.25, 0.3) is 22.3 Å². The molecular weight excluding hydrogens is 1560 g/mol. The number of aliphatic hydroxyl groups excluding tert-OH is 5. The number of carboxylic acid groups (broad SMARTS) is 1. The van der Waals surface area contributed by atoms with E-state index >= 15 is 14.4 Å². The number of rotatable bonds is 17. The number of aliphatic hydroxyl groups is 5. The Morgan fingerprint density at radius 3 is 1.86 bits per heavy atom. The van der Waals surface area contributed by atoms with Crippen molar-refractivity contribution in [2.45, 2.75) is 163 Å². The number of aliphatic carboxylic acids is 1. The number of ether oxygens (including phenoxy) is 6. The summed E-state index contributed by atoms with van der Waals surface area (Å²) in [6.45, 7) is 6.70. The summed E-state index contributed by atoms with van der Waals surface area (Å²) < 4.78 is 39.7. The van der Waals surface area contributed by atoms with Gasteiger partial charge in [0.15, 0.2) is 29.9 Å². The first-order valence-electron chi connectivity index (χ1n) is 36.5. The number of amides is 7. The highest BCUT2D eigenvalue weighted by Gasteiger charge is 2.52. The number of hydrogen-bond acceptors (Lipinski definition) is 25. The second-order valence-electron chi connectivity index (χ2n) is 29.2. The van der Waals surface area contributed by atoms with Crippen molar-refractivity contribution in [1.82, 2.24) is 42.5 Å². The van der Waals surface area contributed by atoms with Gasteiger partial charge < -0.3 is 128 Å². The number of carboxylic acids is 1. The molecule has 0 aromatic heterocycles. The smallest absolute Gasteiger partial charge is 0.330 e. The maximum atomic E-state index is 16.2. The molecule has 7 aromatic rings. The summed E-state index contributed by atoms with van der Waals surface area (Å²) in [5.74, 6) is -15.8. The normalized spacial score (nSPS) is 27.2. The number of benzene rings is 7. The van der Waals surface area contributed by atoms with E-state index in [0.717, 1.165) is 83.4 Å². The minimum atomic E-state index is -2.35. The number of phenols is 3. The fraction of sp³-hybridized carbons (Fsp3) is 0.367. The SMILES string of the molecule is CN[C@@H](CC(C)C)C(=O)N[C@H]1C(=O)N[C@@H](CC(N)=O)C(=O)NC2C(=O)NC3C(=O)N[C@H](C(=O)N[C@@H](C(=O)O)c4cc(O)cc(O)c4-c4cc3ccc4O)[C@H](O)c3ccc(c(Cl)c3)Oc3cc2cc(c3OC2OC(CN)C(O)C(O)C2OC2CC(C)(NCc3ccc(-c4ccc(Cl)cc4)cc3)C(O)C(C)O2)Oc2ccc(cc2Cl)[C@H]1O. The van der Waals surface area contributed by atoms with E-state index in [1.807, 2.05) is 50.2 Å². The van der Waals surface area contributed by atoms with Crippen LogP contribution >= 0.6 is 34.8 Å². The van der Waals surface area contributed by atoms with Crippen LogP contribution in [0.4, 0.5) is 0 Å². The van der Waals surface area contributed by atoms with Crippen LogP contribution in [0.15, 0.2) is 127 Å². The summed E-state index contributed by atoms with van der Waals surface area (Å²) >= 11 is 20.5. The van der Waals surface area contributed by atoms with E-state index in [-0.39, 0.29) is 58.5 Å². The number of likely N-dealkylation sites (N-methyl/N-ethyl adjacent to an activating group) is 1. The highest BCUT2D eigenvalue weighted by Crippen LogP contribution is 2.50. The van der Waals surface area contributed by atoms with E-state index in [0.29, 0.717) is 5.02 Å². The van der Waals surface area contributed by atoms with Gasteiger partial charge in [-0.3, -0.25) is 33.6 Å². The lowest BCUT2D eigenvalue weighted by atomic mass is 9.84. The van der Waals surface area contributed by atoms with Gasteiger partial charge in [0.1, 0.15) is 89.5 Å². The molecule has 18 atom stereocenters. The first-order valence-corrected chi connectivity index (χ1v) is 37.6. The summed E-state index contributed by atoms with van der Waals surface area (Å²) in [5, 5.41) is 127. The molecule has 610 valence electrons. The second-order valence-corrected chi connectivity index (χ2v) is 30.5. The van der Waals surface area contributed by atoms with Gasteiger partial charge in [0.25, 0.3) is 0 Å². The van der Waals surface area contributed by atoms with Crippen molar-refractivity contribution in [1.29, 1.82) is 0 Å². The highest BCUT2D eigenvalue weighted by molar-refractivity contribution is 6.32. The summed E-state index contributed by atoms with van der Waals surface area (Å²) in [7, 11) is 1.48. The monoisotopic (exact) mass is 1650 g/mol. The van der Waals surface area contributed by atoms with Crippen molar-refractivity contribution >= 4 is 82.1 Å². The van der Waals surface area contributed by atoms with Crippen LogP contribution in [0.2, 0.25) is 15.1 Å². The van der Waals surface area contributed by atoms with Crippen LogP contribution in [-0.4, -0.2) is 186 Å². The molecule has 33 nitrogen and oxygen atoms in total. The molecular formula is C79H85Cl3N10O23. The molecule has 115 heavy (non-hydrogen) atoms. The number of nitrogens with one attached hydrogen (secondary N) is 8. The van der Waals surface area contributed by atoms with Gasteiger partial charge in [-0.15, -0.1) is 0 Å². The third-order valence-corrected chi connectivity index (χ3v) is 21.5. The summed E-state index contributed by atoms with van der Waals surface area (Å²) in [5.41, 5.74) is 10.7. The van der Waals surface area contributed by atoms with Gasteiger partial charge in [0, 0.05) is 52.8 Å². The van der Waals surface area contributed by atoms with Crippen LogP contribution < -0.4 is 68.2 Å². The molecule has 7 heterocycles. The van der Waals surface area contributed by atoms with Crippen LogP contribution in [0.1, 0.15) is 111 Å². The molecule has 2 fully saturated rings. The lowest BCUT2D eigenvalue weighted by Crippen LogP contribution is -2.65. The molecule has 21 N–H and O–H groups in total. The van der Waals surface area contributed by atoms with Gasteiger partial charge in [-0.2, -0.15) is 0 Å². The summed E-state index contributed by atoms with van der Waals surface area (Å²) in [6, 6.07) is 14.6. The first kappa shape index (κ1) is 83.9. The molecule has 11 bridgehead atoms. The Morgan fingerprint density at radius 2 is 1.26 bits per heavy atom. The van der Waals surface area contributed by atoms with Crippen molar-refractivity contribution in [3.63, 3.8) is 0 Å². The van der Waals surface area contributed by atoms with Gasteiger partial charge in [-0.05, 0) is 139 Å². The number of hydrogen-bond donors (Lipinski definition) is 19. The number of phenolic OH excluding ortho intramolecular Hbond substituents is 3. The maximum absolute atomic E-state index is 16.2.